The number of nitrogens with one attached hydrogen (secondary N) is 1. The van der Waals surface area contributed by atoms with E-state index in [1.807, 2.05) is 0 Å². The lowest BCUT2D eigenvalue weighted by atomic mass is 10.1. The molecule has 2 rings (SSSR count). The standard InChI is InChI=1S/C12H22N4O2.ClH/c1-12(2)10(17)16(11(18)14-12)8-7-15-5-3-9(13)4-6-15;/h9H,3-8,13H2,1-2H3,(H,14,18);1H. The number of piperidine rings is 1. The third-order valence-electron chi connectivity index (χ3n) is 3.72. The third kappa shape index (κ3) is 3.58. The van der Waals surface area contributed by atoms with E-state index < -0.39 is 5.54 Å². The molecule has 2 saturated heterocycles. The van der Waals surface area contributed by atoms with Crippen LogP contribution < -0.4 is 11.1 Å². The summed E-state index contributed by atoms with van der Waals surface area (Å²) in [4.78, 5) is 27.2. The van der Waals surface area contributed by atoms with Crippen LogP contribution in [0.25, 0.3) is 0 Å². The molecule has 0 bridgehead atoms. The molecule has 2 aliphatic rings. The summed E-state index contributed by atoms with van der Waals surface area (Å²) in [7, 11) is 0. The first kappa shape index (κ1) is 16.2. The summed E-state index contributed by atoms with van der Waals surface area (Å²) in [5.74, 6) is -0.138. The van der Waals surface area contributed by atoms with E-state index in [1.54, 1.807) is 13.8 Å². The Hall–Kier alpha value is -0.850. The lowest BCUT2D eigenvalue weighted by Gasteiger charge is -2.30. The van der Waals surface area contributed by atoms with Gasteiger partial charge in [0, 0.05) is 19.1 Å². The van der Waals surface area contributed by atoms with Crippen molar-refractivity contribution in [1.29, 1.82) is 0 Å². The van der Waals surface area contributed by atoms with Gasteiger partial charge in [0.15, 0.2) is 0 Å². The number of nitrogens with zero attached hydrogens (tertiary/aromatic N) is 2. The van der Waals surface area contributed by atoms with Crippen LogP contribution in [-0.4, -0.2) is 59.5 Å². The SMILES string of the molecule is CC1(C)NC(=O)N(CCN2CCC(N)CC2)C1=O.Cl. The minimum Gasteiger partial charge on any atom is -0.328 e. The number of rotatable bonds is 3. The zero-order valence-electron chi connectivity index (χ0n) is 11.5. The van der Waals surface area contributed by atoms with Crippen molar-refractivity contribution in [2.24, 2.45) is 5.73 Å². The van der Waals surface area contributed by atoms with E-state index in [0.29, 0.717) is 12.6 Å². The van der Waals surface area contributed by atoms with Gasteiger partial charge < -0.3 is 16.0 Å². The Labute approximate surface area is 120 Å². The van der Waals surface area contributed by atoms with Crippen molar-refractivity contribution in [2.45, 2.75) is 38.3 Å². The van der Waals surface area contributed by atoms with Crippen molar-refractivity contribution < 1.29 is 9.59 Å². The zero-order chi connectivity index (χ0) is 13.3. The topological polar surface area (TPSA) is 78.7 Å². The summed E-state index contributed by atoms with van der Waals surface area (Å²) in [6.07, 6.45) is 1.98. The highest BCUT2D eigenvalue weighted by Gasteiger charge is 2.43. The molecule has 0 aromatic carbocycles. The quantitative estimate of drug-likeness (QED) is 0.726. The van der Waals surface area contributed by atoms with Crippen LogP contribution >= 0.6 is 12.4 Å². The lowest BCUT2D eigenvalue weighted by Crippen LogP contribution is -2.45. The Morgan fingerprint density at radius 3 is 2.32 bits per heavy atom. The van der Waals surface area contributed by atoms with E-state index in [-0.39, 0.29) is 24.3 Å². The van der Waals surface area contributed by atoms with Crippen molar-refractivity contribution in [2.75, 3.05) is 26.2 Å². The second-order valence-corrected chi connectivity index (χ2v) is 5.69. The Morgan fingerprint density at radius 1 is 1.26 bits per heavy atom. The third-order valence-corrected chi connectivity index (χ3v) is 3.72. The number of carbonyl (C=O) groups excluding carboxylic acids is 2. The van der Waals surface area contributed by atoms with Crippen molar-refractivity contribution >= 4 is 24.3 Å². The molecular formula is C12H23ClN4O2. The van der Waals surface area contributed by atoms with Gasteiger partial charge in [-0.3, -0.25) is 9.69 Å². The summed E-state index contributed by atoms with van der Waals surface area (Å²) in [5, 5.41) is 2.69. The number of amides is 3. The largest absolute Gasteiger partial charge is 0.328 e. The molecule has 2 aliphatic heterocycles. The van der Waals surface area contributed by atoms with E-state index in [9.17, 15) is 9.59 Å². The molecule has 0 saturated carbocycles. The predicted molar refractivity (Wildman–Crippen MR) is 75.2 cm³/mol. The van der Waals surface area contributed by atoms with Crippen LogP contribution in [0.5, 0.6) is 0 Å². The Morgan fingerprint density at radius 2 is 1.84 bits per heavy atom. The van der Waals surface area contributed by atoms with Gasteiger partial charge in [-0.2, -0.15) is 0 Å². The fraction of sp³-hybridized carbons (Fsp3) is 0.833. The van der Waals surface area contributed by atoms with Crippen LogP contribution in [0.15, 0.2) is 0 Å². The van der Waals surface area contributed by atoms with E-state index in [1.165, 1.54) is 4.90 Å². The molecule has 0 aliphatic carbocycles. The maximum Gasteiger partial charge on any atom is 0.325 e. The smallest absolute Gasteiger partial charge is 0.325 e. The number of urea groups is 1. The molecule has 0 atom stereocenters. The number of carbonyl (C=O) groups is 2. The van der Waals surface area contributed by atoms with E-state index in [2.05, 4.69) is 10.2 Å². The minimum absolute atomic E-state index is 0. The van der Waals surface area contributed by atoms with Crippen LogP contribution in [0.2, 0.25) is 0 Å². The highest BCUT2D eigenvalue weighted by atomic mass is 35.5. The van der Waals surface area contributed by atoms with Gasteiger partial charge in [0.05, 0.1) is 0 Å². The summed E-state index contributed by atoms with van der Waals surface area (Å²) >= 11 is 0. The number of nitrogens with two attached hydrogens (primary N) is 1. The lowest BCUT2D eigenvalue weighted by molar-refractivity contribution is -0.130. The number of hydrogen-bond acceptors (Lipinski definition) is 4. The summed E-state index contributed by atoms with van der Waals surface area (Å²) in [6, 6.07) is 0.0237. The normalized spacial score (nSPS) is 24.3. The second kappa shape index (κ2) is 6.07. The molecule has 0 aromatic rings. The van der Waals surface area contributed by atoms with Gasteiger partial charge >= 0.3 is 6.03 Å². The monoisotopic (exact) mass is 290 g/mol. The van der Waals surface area contributed by atoms with Crippen LogP contribution in [0.1, 0.15) is 26.7 Å². The molecule has 0 spiro atoms. The highest BCUT2D eigenvalue weighted by Crippen LogP contribution is 2.16. The van der Waals surface area contributed by atoms with Gasteiger partial charge in [-0.1, -0.05) is 0 Å². The molecule has 2 heterocycles. The van der Waals surface area contributed by atoms with Gasteiger partial charge in [0.25, 0.3) is 5.91 Å². The fourth-order valence-corrected chi connectivity index (χ4v) is 2.44. The number of imide groups is 1. The molecule has 6 nitrogen and oxygen atoms in total. The number of halogens is 1. The average molecular weight is 291 g/mol. The zero-order valence-corrected chi connectivity index (χ0v) is 12.3. The van der Waals surface area contributed by atoms with Crippen LogP contribution in [-0.2, 0) is 4.79 Å². The number of hydrogen-bond donors (Lipinski definition) is 2. The summed E-state index contributed by atoms with van der Waals surface area (Å²) < 4.78 is 0. The average Bonchev–Trinajstić information content (AvgIpc) is 2.49. The molecule has 2 fully saturated rings. The van der Waals surface area contributed by atoms with Crippen LogP contribution in [0.3, 0.4) is 0 Å². The Kier molecular flexibility index (Phi) is 5.18. The van der Waals surface area contributed by atoms with Gasteiger partial charge in [-0.25, -0.2) is 4.79 Å². The Bertz CT molecular complexity index is 354. The van der Waals surface area contributed by atoms with Gasteiger partial charge in [-0.05, 0) is 39.8 Å². The molecule has 110 valence electrons. The fourth-order valence-electron chi connectivity index (χ4n) is 2.44. The number of likely N-dealkylation sites (tertiary alicyclic amines) is 1. The van der Waals surface area contributed by atoms with E-state index in [0.717, 1.165) is 32.5 Å². The van der Waals surface area contributed by atoms with Crippen molar-refractivity contribution in [3.8, 4) is 0 Å². The molecule has 3 N–H and O–H groups in total. The maximum absolute atomic E-state index is 12.0. The van der Waals surface area contributed by atoms with E-state index in [4.69, 9.17) is 5.73 Å². The van der Waals surface area contributed by atoms with Crippen LogP contribution in [0, 0.1) is 0 Å². The van der Waals surface area contributed by atoms with Crippen LogP contribution in [0.4, 0.5) is 4.79 Å². The summed E-state index contributed by atoms with van der Waals surface area (Å²) in [5.41, 5.74) is 5.08. The van der Waals surface area contributed by atoms with Crippen molar-refractivity contribution in [3.05, 3.63) is 0 Å². The second-order valence-electron chi connectivity index (χ2n) is 5.69. The maximum atomic E-state index is 12.0. The van der Waals surface area contributed by atoms with Crippen molar-refractivity contribution in [1.82, 2.24) is 15.1 Å². The van der Waals surface area contributed by atoms with Crippen molar-refractivity contribution in [3.63, 3.8) is 0 Å². The molecule has 19 heavy (non-hydrogen) atoms. The minimum atomic E-state index is -0.763. The highest BCUT2D eigenvalue weighted by molar-refractivity contribution is 6.06. The summed E-state index contributed by atoms with van der Waals surface area (Å²) in [6.45, 7) is 6.56. The molecule has 7 heteroatoms. The first-order valence-corrected chi connectivity index (χ1v) is 6.52. The molecule has 0 aromatic heterocycles. The predicted octanol–water partition coefficient (Wildman–Crippen LogP) is 0.162. The molecule has 3 amide bonds. The van der Waals surface area contributed by atoms with Gasteiger partial charge in [0.2, 0.25) is 0 Å². The van der Waals surface area contributed by atoms with Gasteiger partial charge in [0.1, 0.15) is 5.54 Å². The van der Waals surface area contributed by atoms with Gasteiger partial charge in [-0.15, -0.1) is 12.4 Å². The first-order chi connectivity index (χ1) is 8.40. The molecular weight excluding hydrogens is 268 g/mol. The molecule has 0 unspecified atom stereocenters. The van der Waals surface area contributed by atoms with E-state index >= 15 is 0 Å². The first-order valence-electron chi connectivity index (χ1n) is 6.52. The molecule has 0 radical (unpaired) electrons. The Balaban J connectivity index is 0.00000180.